The molecule has 0 saturated carbocycles. The molecule has 0 unspecified atom stereocenters. The minimum atomic E-state index is -0.979. The molecule has 0 heterocycles. The average molecular weight is 362 g/mol. The third-order valence-corrected chi connectivity index (χ3v) is 4.05. The van der Waals surface area contributed by atoms with Crippen molar-refractivity contribution in [2.24, 2.45) is 0 Å². The molecule has 0 aromatic heterocycles. The van der Waals surface area contributed by atoms with Crippen molar-refractivity contribution in [2.75, 3.05) is 19.0 Å². The Kier molecular flexibility index (Phi) is 6.51. The van der Waals surface area contributed by atoms with E-state index in [1.165, 1.54) is 13.0 Å². The monoisotopic (exact) mass is 362 g/mol. The first-order valence-corrected chi connectivity index (χ1v) is 8.53. The van der Waals surface area contributed by atoms with E-state index in [9.17, 15) is 14.9 Å². The van der Waals surface area contributed by atoms with Crippen LogP contribution in [-0.2, 0) is 9.53 Å². The van der Waals surface area contributed by atoms with Gasteiger partial charge in [-0.05, 0) is 37.6 Å². The predicted molar refractivity (Wildman–Crippen MR) is 105 cm³/mol. The third kappa shape index (κ3) is 5.29. The van der Waals surface area contributed by atoms with Crippen LogP contribution in [0.15, 0.2) is 54.1 Å². The molecule has 2 rings (SSSR count). The molecule has 0 amide bonds. The maximum Gasteiger partial charge on any atom is 0.349 e. The number of esters is 1. The lowest BCUT2D eigenvalue weighted by atomic mass is 10.1. The lowest BCUT2D eigenvalue weighted by molar-refractivity contribution is -0.141. The maximum absolute atomic E-state index is 12.4. The number of hydrogen-bond acceptors (Lipinski definition) is 5. The van der Waals surface area contributed by atoms with E-state index in [0.29, 0.717) is 11.1 Å². The Bertz CT molecular complexity index is 889. The predicted octanol–water partition coefficient (Wildman–Crippen LogP) is 3.78. The second kappa shape index (κ2) is 8.81. The lowest BCUT2D eigenvalue weighted by Gasteiger charge is -2.13. The highest BCUT2D eigenvalue weighted by molar-refractivity contribution is 6.03. The van der Waals surface area contributed by atoms with Crippen LogP contribution >= 0.6 is 0 Å². The van der Waals surface area contributed by atoms with E-state index in [0.717, 1.165) is 11.3 Å². The van der Waals surface area contributed by atoms with Crippen molar-refractivity contribution in [3.8, 4) is 6.07 Å². The van der Waals surface area contributed by atoms with Crippen molar-refractivity contribution in [2.45, 2.75) is 20.0 Å². The van der Waals surface area contributed by atoms with Gasteiger partial charge in [-0.15, -0.1) is 0 Å². The fraction of sp³-hybridized carbons (Fsp3) is 0.227. The number of benzene rings is 2. The fourth-order valence-corrected chi connectivity index (χ4v) is 2.40. The molecule has 0 aliphatic heterocycles. The van der Waals surface area contributed by atoms with Crippen molar-refractivity contribution in [3.63, 3.8) is 0 Å². The standard InChI is InChI=1S/C22H22N2O3/c1-15-5-9-18(10-6-15)21(25)16(2)27-22(26)19(14-23)13-17-7-11-20(12-8-17)24(3)4/h5-13,16H,1-4H3/b19-13+/t16-/m1/s1. The van der Waals surface area contributed by atoms with Gasteiger partial charge in [0.05, 0.1) is 0 Å². The van der Waals surface area contributed by atoms with Crippen molar-refractivity contribution >= 4 is 23.5 Å². The van der Waals surface area contributed by atoms with E-state index in [1.807, 2.05) is 56.3 Å². The van der Waals surface area contributed by atoms with E-state index in [2.05, 4.69) is 0 Å². The van der Waals surface area contributed by atoms with Crippen LogP contribution in [0.3, 0.4) is 0 Å². The Balaban J connectivity index is 2.10. The summed E-state index contributed by atoms with van der Waals surface area (Å²) < 4.78 is 5.20. The van der Waals surface area contributed by atoms with Crippen LogP contribution in [0, 0.1) is 18.3 Å². The number of ketones is 1. The van der Waals surface area contributed by atoms with Crippen LogP contribution in [-0.4, -0.2) is 32.0 Å². The Labute approximate surface area is 159 Å². The summed E-state index contributed by atoms with van der Waals surface area (Å²) in [7, 11) is 3.85. The highest BCUT2D eigenvalue weighted by Gasteiger charge is 2.21. The molecule has 0 bridgehead atoms. The first-order chi connectivity index (χ1) is 12.8. The first kappa shape index (κ1) is 19.9. The molecule has 1 atom stereocenters. The van der Waals surface area contributed by atoms with Crippen molar-refractivity contribution in [1.29, 1.82) is 5.26 Å². The van der Waals surface area contributed by atoms with E-state index >= 15 is 0 Å². The normalized spacial score (nSPS) is 12.0. The first-order valence-electron chi connectivity index (χ1n) is 8.53. The number of nitrogens with zero attached hydrogens (tertiary/aromatic N) is 2. The van der Waals surface area contributed by atoms with Crippen molar-refractivity contribution in [3.05, 3.63) is 70.8 Å². The number of rotatable bonds is 6. The second-order valence-corrected chi connectivity index (χ2v) is 6.43. The summed E-state index contributed by atoms with van der Waals surface area (Å²) in [5.74, 6) is -1.13. The molecule has 2 aromatic carbocycles. The van der Waals surface area contributed by atoms with Crippen LogP contribution < -0.4 is 4.90 Å². The van der Waals surface area contributed by atoms with Crippen molar-refractivity contribution < 1.29 is 14.3 Å². The number of ether oxygens (including phenoxy) is 1. The summed E-state index contributed by atoms with van der Waals surface area (Å²) in [6.07, 6.45) is 0.471. The average Bonchev–Trinajstić information content (AvgIpc) is 2.66. The second-order valence-electron chi connectivity index (χ2n) is 6.43. The minimum absolute atomic E-state index is 0.156. The lowest BCUT2D eigenvalue weighted by Crippen LogP contribution is -2.25. The Morgan fingerprint density at radius 1 is 1.07 bits per heavy atom. The van der Waals surface area contributed by atoms with E-state index < -0.39 is 12.1 Å². The molecule has 0 saturated heterocycles. The molecule has 2 aromatic rings. The van der Waals surface area contributed by atoms with Crippen molar-refractivity contribution in [1.82, 2.24) is 0 Å². The Morgan fingerprint density at radius 2 is 1.67 bits per heavy atom. The van der Waals surface area contributed by atoms with Crippen LogP contribution in [0.2, 0.25) is 0 Å². The van der Waals surface area contributed by atoms with Gasteiger partial charge in [-0.2, -0.15) is 5.26 Å². The quantitative estimate of drug-likeness (QED) is 0.338. The molecule has 138 valence electrons. The summed E-state index contributed by atoms with van der Waals surface area (Å²) in [5, 5.41) is 9.29. The minimum Gasteiger partial charge on any atom is -0.450 e. The molecule has 0 aliphatic carbocycles. The van der Waals surface area contributed by atoms with Gasteiger partial charge in [0.15, 0.2) is 6.10 Å². The van der Waals surface area contributed by atoms with Gasteiger partial charge in [0.1, 0.15) is 11.6 Å². The topological polar surface area (TPSA) is 70.4 Å². The number of carbonyl (C=O) groups is 2. The van der Waals surface area contributed by atoms with Crippen LogP contribution in [0.5, 0.6) is 0 Å². The van der Waals surface area contributed by atoms with Gasteiger partial charge in [0.25, 0.3) is 0 Å². The molecule has 0 spiro atoms. The SMILES string of the molecule is Cc1ccc(C(=O)[C@@H](C)OC(=O)/C(C#N)=C/c2ccc(N(C)C)cc2)cc1. The zero-order chi connectivity index (χ0) is 20.0. The number of Topliss-reactive ketones (excluding diaryl/α,β-unsaturated/α-hetero) is 1. The van der Waals surface area contributed by atoms with Crippen LogP contribution in [0.4, 0.5) is 5.69 Å². The molecule has 5 nitrogen and oxygen atoms in total. The molecule has 27 heavy (non-hydrogen) atoms. The molecule has 5 heteroatoms. The van der Waals surface area contributed by atoms with Crippen LogP contribution in [0.1, 0.15) is 28.4 Å². The summed E-state index contributed by atoms with van der Waals surface area (Å²) in [6.45, 7) is 3.42. The molecule has 0 N–H and O–H groups in total. The zero-order valence-corrected chi connectivity index (χ0v) is 15.9. The number of nitriles is 1. The van der Waals surface area contributed by atoms with Gasteiger partial charge < -0.3 is 9.64 Å². The largest absolute Gasteiger partial charge is 0.450 e. The summed E-state index contributed by atoms with van der Waals surface area (Å²) in [5.41, 5.74) is 3.04. The highest BCUT2D eigenvalue weighted by atomic mass is 16.5. The highest BCUT2D eigenvalue weighted by Crippen LogP contribution is 2.16. The molecular weight excluding hydrogens is 340 g/mol. The summed E-state index contributed by atoms with van der Waals surface area (Å²) >= 11 is 0. The Hall–Kier alpha value is -3.39. The fourth-order valence-electron chi connectivity index (χ4n) is 2.40. The van der Waals surface area contributed by atoms with E-state index in [1.54, 1.807) is 24.3 Å². The Morgan fingerprint density at radius 3 is 2.19 bits per heavy atom. The zero-order valence-electron chi connectivity index (χ0n) is 15.9. The van der Waals surface area contributed by atoms with E-state index in [4.69, 9.17) is 4.74 Å². The molecule has 0 aliphatic rings. The number of anilines is 1. The summed E-state index contributed by atoms with van der Waals surface area (Å²) in [6, 6.07) is 16.2. The van der Waals surface area contributed by atoms with Gasteiger partial charge in [-0.1, -0.05) is 42.0 Å². The van der Waals surface area contributed by atoms with E-state index in [-0.39, 0.29) is 11.4 Å². The van der Waals surface area contributed by atoms with Gasteiger partial charge in [0, 0.05) is 25.3 Å². The molecular formula is C22H22N2O3. The maximum atomic E-state index is 12.4. The molecule has 0 radical (unpaired) electrons. The van der Waals surface area contributed by atoms with Crippen LogP contribution in [0.25, 0.3) is 6.08 Å². The van der Waals surface area contributed by atoms with Gasteiger partial charge in [-0.25, -0.2) is 4.79 Å². The number of aryl methyl sites for hydroxylation is 1. The number of hydrogen-bond donors (Lipinski definition) is 0. The van der Waals surface area contributed by atoms with Gasteiger partial charge in [-0.3, -0.25) is 4.79 Å². The third-order valence-electron chi connectivity index (χ3n) is 4.05. The number of carbonyl (C=O) groups excluding carboxylic acids is 2. The smallest absolute Gasteiger partial charge is 0.349 e. The summed E-state index contributed by atoms with van der Waals surface area (Å²) in [4.78, 5) is 26.6. The molecule has 0 fully saturated rings. The van der Waals surface area contributed by atoms with Gasteiger partial charge >= 0.3 is 5.97 Å². The van der Waals surface area contributed by atoms with Gasteiger partial charge in [0.2, 0.25) is 5.78 Å².